The molecule has 0 aliphatic heterocycles. The molecule has 120 valence electrons. The summed E-state index contributed by atoms with van der Waals surface area (Å²) in [6, 6.07) is 0. The molecule has 0 rings (SSSR count). The molecule has 0 saturated carbocycles. The van der Waals surface area contributed by atoms with Gasteiger partial charge in [-0.25, -0.2) is 0 Å². The molecule has 1 unspecified atom stereocenters. The minimum Gasteiger partial charge on any atom is -0.374 e. The molecule has 0 aromatic rings. The van der Waals surface area contributed by atoms with Crippen LogP contribution in [-0.2, 0) is 14.2 Å². The zero-order chi connectivity index (χ0) is 15.1. The van der Waals surface area contributed by atoms with E-state index in [1.54, 1.807) is 0 Å². The van der Waals surface area contributed by atoms with E-state index in [-0.39, 0.29) is 12.4 Å². The van der Waals surface area contributed by atoms with Crippen LogP contribution in [0, 0.1) is 0 Å². The van der Waals surface area contributed by atoms with Gasteiger partial charge in [-0.2, -0.15) is 0 Å². The molecule has 0 aromatic carbocycles. The average molecular weight is 286 g/mol. The lowest BCUT2D eigenvalue weighted by atomic mass is 10.1. The summed E-state index contributed by atoms with van der Waals surface area (Å²) in [5, 5.41) is 0. The lowest BCUT2D eigenvalue weighted by molar-refractivity contribution is -0.152. The molecule has 0 amide bonds. The maximum absolute atomic E-state index is 5.75. The first kappa shape index (κ1) is 19.6. The molecular weight excluding hydrogens is 252 g/mol. The zero-order valence-electron chi connectivity index (χ0n) is 13.9. The molecule has 0 saturated heterocycles. The summed E-state index contributed by atoms with van der Waals surface area (Å²) in [6.45, 7) is 10.3. The Morgan fingerprint density at radius 2 is 1.45 bits per heavy atom. The minimum absolute atomic E-state index is 0.0919. The van der Waals surface area contributed by atoms with E-state index in [1.807, 2.05) is 20.8 Å². The van der Waals surface area contributed by atoms with Crippen LogP contribution in [0.1, 0.15) is 66.2 Å². The molecule has 0 heterocycles. The van der Waals surface area contributed by atoms with Crippen molar-refractivity contribution in [1.82, 2.24) is 0 Å². The molecule has 1 atom stereocenters. The third kappa shape index (κ3) is 11.4. The molecule has 0 radical (unpaired) electrons. The van der Waals surface area contributed by atoms with Gasteiger partial charge in [0, 0.05) is 26.2 Å². The van der Waals surface area contributed by atoms with Gasteiger partial charge in [-0.3, -0.25) is 0 Å². The Kier molecular flexibility index (Phi) is 14.7. The van der Waals surface area contributed by atoms with Gasteiger partial charge >= 0.3 is 0 Å². The Hall–Kier alpha value is -0.380. The molecule has 0 aromatic heterocycles. The van der Waals surface area contributed by atoms with Gasteiger partial charge in [-0.05, 0) is 33.6 Å². The number of hydrogen-bond acceptors (Lipinski definition) is 3. The summed E-state index contributed by atoms with van der Waals surface area (Å²) in [5.74, 6) is 0. The third-order valence-electron chi connectivity index (χ3n) is 3.09. The van der Waals surface area contributed by atoms with Crippen LogP contribution in [0.2, 0.25) is 0 Å². The Bertz CT molecular complexity index is 210. The van der Waals surface area contributed by atoms with E-state index in [1.165, 1.54) is 25.7 Å². The predicted molar refractivity (Wildman–Crippen MR) is 85.0 cm³/mol. The molecule has 20 heavy (non-hydrogen) atoms. The van der Waals surface area contributed by atoms with E-state index >= 15 is 0 Å². The van der Waals surface area contributed by atoms with Crippen molar-refractivity contribution in [2.45, 2.75) is 78.6 Å². The maximum Gasteiger partial charge on any atom is 0.160 e. The first-order valence-corrected chi connectivity index (χ1v) is 8.29. The normalized spacial score (nSPS) is 13.4. The average Bonchev–Trinajstić information content (AvgIpc) is 2.43. The molecule has 3 nitrogen and oxygen atoms in total. The van der Waals surface area contributed by atoms with Crippen molar-refractivity contribution < 1.29 is 14.2 Å². The largest absolute Gasteiger partial charge is 0.374 e. The molecule has 0 fully saturated rings. The predicted octanol–water partition coefficient (Wildman–Crippen LogP) is 4.71. The summed E-state index contributed by atoms with van der Waals surface area (Å²) in [7, 11) is 0. The van der Waals surface area contributed by atoms with Gasteiger partial charge in [-0.15, -0.1) is 0 Å². The van der Waals surface area contributed by atoms with Crippen LogP contribution in [0.4, 0.5) is 0 Å². The highest BCUT2D eigenvalue weighted by Gasteiger charge is 2.14. The van der Waals surface area contributed by atoms with Gasteiger partial charge in [0.25, 0.3) is 0 Å². The molecule has 0 bridgehead atoms. The Morgan fingerprint density at radius 1 is 0.800 bits per heavy atom. The summed E-state index contributed by atoms with van der Waals surface area (Å²) in [6.07, 6.45) is 11.4. The SMILES string of the molecule is CCCCCC/C=C/C(CC(OCC)OCC)OCC. The van der Waals surface area contributed by atoms with Crippen molar-refractivity contribution in [1.29, 1.82) is 0 Å². The first-order chi connectivity index (χ1) is 9.78. The number of rotatable bonds is 14. The van der Waals surface area contributed by atoms with Crippen molar-refractivity contribution in [3.63, 3.8) is 0 Å². The zero-order valence-corrected chi connectivity index (χ0v) is 13.9. The van der Waals surface area contributed by atoms with Crippen LogP contribution in [0.3, 0.4) is 0 Å². The van der Waals surface area contributed by atoms with Crippen LogP contribution in [-0.4, -0.2) is 32.2 Å². The van der Waals surface area contributed by atoms with E-state index < -0.39 is 0 Å². The van der Waals surface area contributed by atoms with E-state index in [0.29, 0.717) is 13.2 Å². The van der Waals surface area contributed by atoms with Crippen LogP contribution in [0.25, 0.3) is 0 Å². The topological polar surface area (TPSA) is 27.7 Å². The fourth-order valence-corrected chi connectivity index (χ4v) is 2.10. The molecule has 3 heteroatoms. The minimum atomic E-state index is -0.161. The van der Waals surface area contributed by atoms with Gasteiger partial charge in [0.15, 0.2) is 6.29 Å². The molecule has 0 aliphatic carbocycles. The summed E-state index contributed by atoms with van der Waals surface area (Å²) in [5.41, 5.74) is 0. The second-order valence-electron chi connectivity index (χ2n) is 4.85. The summed E-state index contributed by atoms with van der Waals surface area (Å²) >= 11 is 0. The Balaban J connectivity index is 4.07. The fraction of sp³-hybridized carbons (Fsp3) is 0.882. The number of unbranched alkanes of at least 4 members (excludes halogenated alkanes) is 4. The lowest BCUT2D eigenvalue weighted by Gasteiger charge is -2.21. The van der Waals surface area contributed by atoms with E-state index in [0.717, 1.165) is 19.4 Å². The molecule has 0 spiro atoms. The number of ether oxygens (including phenoxy) is 3. The smallest absolute Gasteiger partial charge is 0.160 e. The third-order valence-corrected chi connectivity index (χ3v) is 3.09. The van der Waals surface area contributed by atoms with Crippen molar-refractivity contribution in [3.05, 3.63) is 12.2 Å². The van der Waals surface area contributed by atoms with Gasteiger partial charge in [-0.1, -0.05) is 38.3 Å². The van der Waals surface area contributed by atoms with Crippen LogP contribution in [0.15, 0.2) is 12.2 Å². The monoisotopic (exact) mass is 286 g/mol. The van der Waals surface area contributed by atoms with Gasteiger partial charge in [0.05, 0.1) is 6.10 Å². The fourth-order valence-electron chi connectivity index (χ4n) is 2.10. The highest BCUT2D eigenvalue weighted by Crippen LogP contribution is 2.11. The number of allylic oxidation sites excluding steroid dienone is 1. The van der Waals surface area contributed by atoms with Crippen molar-refractivity contribution >= 4 is 0 Å². The van der Waals surface area contributed by atoms with Crippen molar-refractivity contribution in [3.8, 4) is 0 Å². The first-order valence-electron chi connectivity index (χ1n) is 8.29. The second-order valence-corrected chi connectivity index (χ2v) is 4.85. The standard InChI is InChI=1S/C17H34O3/c1-5-9-10-11-12-13-14-16(18-6-2)15-17(19-7-3)20-8-4/h13-14,16-17H,5-12,15H2,1-4H3/b14-13+. The van der Waals surface area contributed by atoms with Crippen LogP contribution >= 0.6 is 0 Å². The van der Waals surface area contributed by atoms with E-state index in [4.69, 9.17) is 14.2 Å². The van der Waals surface area contributed by atoms with Crippen LogP contribution < -0.4 is 0 Å². The van der Waals surface area contributed by atoms with E-state index in [9.17, 15) is 0 Å². The Morgan fingerprint density at radius 3 is 2.00 bits per heavy atom. The highest BCUT2D eigenvalue weighted by atomic mass is 16.7. The molecule has 0 aliphatic rings. The second kappa shape index (κ2) is 15.0. The lowest BCUT2D eigenvalue weighted by Crippen LogP contribution is -2.24. The summed E-state index contributed by atoms with van der Waals surface area (Å²) in [4.78, 5) is 0. The van der Waals surface area contributed by atoms with E-state index in [2.05, 4.69) is 19.1 Å². The van der Waals surface area contributed by atoms with Crippen molar-refractivity contribution in [2.75, 3.05) is 19.8 Å². The van der Waals surface area contributed by atoms with Crippen LogP contribution in [0.5, 0.6) is 0 Å². The Labute approximate surface area is 125 Å². The maximum atomic E-state index is 5.75. The molecular formula is C17H34O3. The summed E-state index contributed by atoms with van der Waals surface area (Å²) < 4.78 is 16.9. The number of hydrogen-bond donors (Lipinski definition) is 0. The highest BCUT2D eigenvalue weighted by molar-refractivity contribution is 4.90. The van der Waals surface area contributed by atoms with Gasteiger partial charge in [0.2, 0.25) is 0 Å². The van der Waals surface area contributed by atoms with Gasteiger partial charge < -0.3 is 14.2 Å². The van der Waals surface area contributed by atoms with Gasteiger partial charge in [0.1, 0.15) is 0 Å². The van der Waals surface area contributed by atoms with Crippen molar-refractivity contribution in [2.24, 2.45) is 0 Å². The quantitative estimate of drug-likeness (QED) is 0.263. The molecule has 0 N–H and O–H groups in total.